The SMILES string of the molecule is CCC1CCCN1S(=O)(=O)CCc1ccccc1. The zero-order valence-electron chi connectivity index (χ0n) is 10.9. The van der Waals surface area contributed by atoms with Gasteiger partial charge in [-0.1, -0.05) is 37.3 Å². The Kier molecular flexibility index (Phi) is 4.40. The third-order valence-corrected chi connectivity index (χ3v) is 5.56. The number of benzene rings is 1. The van der Waals surface area contributed by atoms with Crippen molar-refractivity contribution >= 4 is 10.0 Å². The van der Waals surface area contributed by atoms with Crippen molar-refractivity contribution in [3.05, 3.63) is 35.9 Å². The monoisotopic (exact) mass is 267 g/mol. The zero-order chi connectivity index (χ0) is 13.0. The fraction of sp³-hybridized carbons (Fsp3) is 0.571. The maximum Gasteiger partial charge on any atom is 0.214 e. The van der Waals surface area contributed by atoms with Crippen molar-refractivity contribution in [3.63, 3.8) is 0 Å². The summed E-state index contributed by atoms with van der Waals surface area (Å²) in [6.45, 7) is 2.77. The molecule has 1 heterocycles. The summed E-state index contributed by atoms with van der Waals surface area (Å²) in [5, 5.41) is 0. The summed E-state index contributed by atoms with van der Waals surface area (Å²) in [6.07, 6.45) is 3.55. The minimum Gasteiger partial charge on any atom is -0.212 e. The molecule has 1 fully saturated rings. The van der Waals surface area contributed by atoms with E-state index in [0.29, 0.717) is 13.0 Å². The quantitative estimate of drug-likeness (QED) is 0.821. The van der Waals surface area contributed by atoms with Crippen LogP contribution in [0.4, 0.5) is 0 Å². The molecule has 0 aliphatic carbocycles. The molecule has 1 aromatic rings. The molecule has 1 aliphatic heterocycles. The summed E-state index contributed by atoms with van der Waals surface area (Å²) in [6, 6.07) is 10.0. The lowest BCUT2D eigenvalue weighted by Gasteiger charge is -2.22. The topological polar surface area (TPSA) is 37.4 Å². The number of aryl methyl sites for hydroxylation is 1. The second kappa shape index (κ2) is 5.85. The summed E-state index contributed by atoms with van der Waals surface area (Å²) >= 11 is 0. The molecule has 0 saturated carbocycles. The van der Waals surface area contributed by atoms with Crippen LogP contribution in [0.3, 0.4) is 0 Å². The largest absolute Gasteiger partial charge is 0.214 e. The van der Waals surface area contributed by atoms with E-state index in [4.69, 9.17) is 0 Å². The molecular weight excluding hydrogens is 246 g/mol. The second-order valence-electron chi connectivity index (χ2n) is 4.87. The van der Waals surface area contributed by atoms with Crippen LogP contribution < -0.4 is 0 Å². The summed E-state index contributed by atoms with van der Waals surface area (Å²) in [4.78, 5) is 0. The molecule has 1 saturated heterocycles. The molecule has 3 nitrogen and oxygen atoms in total. The van der Waals surface area contributed by atoms with Gasteiger partial charge in [-0.05, 0) is 31.2 Å². The molecule has 0 N–H and O–H groups in total. The fourth-order valence-electron chi connectivity index (χ4n) is 2.59. The normalized spacial score (nSPS) is 21.3. The van der Waals surface area contributed by atoms with E-state index in [0.717, 1.165) is 24.8 Å². The summed E-state index contributed by atoms with van der Waals surface area (Å²) in [7, 11) is -3.09. The van der Waals surface area contributed by atoms with E-state index in [2.05, 4.69) is 6.92 Å². The summed E-state index contributed by atoms with van der Waals surface area (Å²) in [5.41, 5.74) is 1.09. The van der Waals surface area contributed by atoms with Crippen molar-refractivity contribution in [2.24, 2.45) is 0 Å². The Balaban J connectivity index is 1.99. The fourth-order valence-corrected chi connectivity index (χ4v) is 4.44. The van der Waals surface area contributed by atoms with Crippen molar-refractivity contribution in [2.45, 2.75) is 38.6 Å². The molecule has 1 atom stereocenters. The van der Waals surface area contributed by atoms with Crippen LogP contribution in [0.5, 0.6) is 0 Å². The van der Waals surface area contributed by atoms with Crippen molar-refractivity contribution < 1.29 is 8.42 Å². The maximum absolute atomic E-state index is 12.3. The van der Waals surface area contributed by atoms with Gasteiger partial charge in [0.2, 0.25) is 10.0 Å². The van der Waals surface area contributed by atoms with Crippen LogP contribution >= 0.6 is 0 Å². The zero-order valence-corrected chi connectivity index (χ0v) is 11.7. The summed E-state index contributed by atoms with van der Waals surface area (Å²) < 4.78 is 26.3. The Morgan fingerprint density at radius 1 is 1.28 bits per heavy atom. The first-order valence-electron chi connectivity index (χ1n) is 6.67. The third kappa shape index (κ3) is 3.12. The molecule has 0 amide bonds. The lowest BCUT2D eigenvalue weighted by molar-refractivity contribution is 0.379. The van der Waals surface area contributed by atoms with E-state index in [1.165, 1.54) is 0 Å². The van der Waals surface area contributed by atoms with Crippen LogP contribution in [0, 0.1) is 0 Å². The Morgan fingerprint density at radius 3 is 2.67 bits per heavy atom. The lowest BCUT2D eigenvalue weighted by atomic mass is 10.2. The van der Waals surface area contributed by atoms with Gasteiger partial charge in [0.1, 0.15) is 0 Å². The van der Waals surface area contributed by atoms with Gasteiger partial charge in [0.15, 0.2) is 0 Å². The van der Waals surface area contributed by atoms with Gasteiger partial charge in [-0.3, -0.25) is 0 Å². The van der Waals surface area contributed by atoms with Crippen LogP contribution in [0.2, 0.25) is 0 Å². The van der Waals surface area contributed by atoms with Crippen molar-refractivity contribution in [1.82, 2.24) is 4.31 Å². The van der Waals surface area contributed by atoms with Crippen molar-refractivity contribution in [3.8, 4) is 0 Å². The van der Waals surface area contributed by atoms with Crippen LogP contribution in [0.1, 0.15) is 31.7 Å². The van der Waals surface area contributed by atoms with Gasteiger partial charge in [0, 0.05) is 12.6 Å². The van der Waals surface area contributed by atoms with Crippen molar-refractivity contribution in [1.29, 1.82) is 0 Å². The minimum atomic E-state index is -3.09. The molecule has 0 bridgehead atoms. The Morgan fingerprint density at radius 2 is 2.00 bits per heavy atom. The predicted octanol–water partition coefficient (Wildman–Crippen LogP) is 2.43. The molecule has 100 valence electrons. The second-order valence-corrected chi connectivity index (χ2v) is 6.91. The molecule has 1 unspecified atom stereocenters. The minimum absolute atomic E-state index is 0.228. The average molecular weight is 267 g/mol. The van der Waals surface area contributed by atoms with E-state index >= 15 is 0 Å². The van der Waals surface area contributed by atoms with E-state index in [1.54, 1.807) is 4.31 Å². The van der Waals surface area contributed by atoms with Gasteiger partial charge in [-0.15, -0.1) is 0 Å². The van der Waals surface area contributed by atoms with Gasteiger partial charge >= 0.3 is 0 Å². The van der Waals surface area contributed by atoms with Gasteiger partial charge < -0.3 is 0 Å². The molecule has 0 spiro atoms. The molecule has 0 radical (unpaired) electrons. The van der Waals surface area contributed by atoms with E-state index in [9.17, 15) is 8.42 Å². The Hall–Kier alpha value is -0.870. The summed E-state index contributed by atoms with van der Waals surface area (Å²) in [5.74, 6) is 0.230. The highest BCUT2D eigenvalue weighted by Crippen LogP contribution is 2.23. The Labute approximate surface area is 110 Å². The first-order valence-corrected chi connectivity index (χ1v) is 8.28. The number of hydrogen-bond acceptors (Lipinski definition) is 2. The highest BCUT2D eigenvalue weighted by atomic mass is 32.2. The van der Waals surface area contributed by atoms with E-state index < -0.39 is 10.0 Å². The van der Waals surface area contributed by atoms with Gasteiger partial charge in [0.05, 0.1) is 5.75 Å². The van der Waals surface area contributed by atoms with Gasteiger partial charge in [-0.2, -0.15) is 4.31 Å². The van der Waals surface area contributed by atoms with E-state index in [1.807, 2.05) is 30.3 Å². The van der Waals surface area contributed by atoms with Gasteiger partial charge in [0.25, 0.3) is 0 Å². The predicted molar refractivity (Wildman–Crippen MR) is 74.0 cm³/mol. The number of nitrogens with zero attached hydrogens (tertiary/aromatic N) is 1. The first-order chi connectivity index (χ1) is 8.63. The van der Waals surface area contributed by atoms with Crippen LogP contribution in [0.25, 0.3) is 0 Å². The smallest absolute Gasteiger partial charge is 0.212 e. The lowest BCUT2D eigenvalue weighted by Crippen LogP contribution is -2.37. The molecule has 1 aromatic carbocycles. The van der Waals surface area contributed by atoms with Gasteiger partial charge in [-0.25, -0.2) is 8.42 Å². The Bertz CT molecular complexity index is 470. The van der Waals surface area contributed by atoms with E-state index in [-0.39, 0.29) is 11.8 Å². The molecule has 18 heavy (non-hydrogen) atoms. The van der Waals surface area contributed by atoms with Crippen LogP contribution in [-0.2, 0) is 16.4 Å². The number of sulfonamides is 1. The molecular formula is C14H21NO2S. The first kappa shape index (κ1) is 13.6. The molecule has 4 heteroatoms. The average Bonchev–Trinajstić information content (AvgIpc) is 2.87. The van der Waals surface area contributed by atoms with Crippen molar-refractivity contribution in [2.75, 3.05) is 12.3 Å². The third-order valence-electron chi connectivity index (χ3n) is 3.64. The maximum atomic E-state index is 12.3. The standard InChI is InChI=1S/C14H21NO2S/c1-2-14-9-6-11-15(14)18(16,17)12-10-13-7-4-3-5-8-13/h3-5,7-8,14H,2,6,9-12H2,1H3. The number of rotatable bonds is 5. The molecule has 1 aliphatic rings. The van der Waals surface area contributed by atoms with Crippen LogP contribution in [-0.4, -0.2) is 31.1 Å². The number of hydrogen-bond donors (Lipinski definition) is 0. The van der Waals surface area contributed by atoms with Crippen LogP contribution in [0.15, 0.2) is 30.3 Å². The molecule has 2 rings (SSSR count). The highest BCUT2D eigenvalue weighted by molar-refractivity contribution is 7.89. The highest BCUT2D eigenvalue weighted by Gasteiger charge is 2.32. The molecule has 0 aromatic heterocycles.